The average Bonchev–Trinajstić information content (AvgIpc) is 3.21. The van der Waals surface area contributed by atoms with Gasteiger partial charge in [-0.15, -0.1) is 10.2 Å². The summed E-state index contributed by atoms with van der Waals surface area (Å²) in [6.07, 6.45) is 7.00. The summed E-state index contributed by atoms with van der Waals surface area (Å²) in [5.41, 5.74) is 1.97. The van der Waals surface area contributed by atoms with E-state index in [1.54, 1.807) is 30.6 Å². The molecule has 0 unspecified atom stereocenters. The minimum Gasteiger partial charge on any atom is -0.545 e. The van der Waals surface area contributed by atoms with E-state index in [0.29, 0.717) is 11.8 Å². The lowest BCUT2D eigenvalue weighted by Crippen LogP contribution is -2.21. The molecule has 0 atom stereocenters. The van der Waals surface area contributed by atoms with Gasteiger partial charge in [0.25, 0.3) is 0 Å². The summed E-state index contributed by atoms with van der Waals surface area (Å²) in [5.74, 6) is -0.128. The molecule has 128 valence electrons. The van der Waals surface area contributed by atoms with E-state index >= 15 is 0 Å². The van der Waals surface area contributed by atoms with Gasteiger partial charge in [0, 0.05) is 30.1 Å². The molecule has 0 aliphatic carbocycles. The summed E-state index contributed by atoms with van der Waals surface area (Å²) in [6.45, 7) is 0. The zero-order valence-electron chi connectivity index (χ0n) is 13.6. The topological polar surface area (TPSA) is 106 Å². The second-order valence-electron chi connectivity index (χ2n) is 5.09. The van der Waals surface area contributed by atoms with Gasteiger partial charge in [-0.3, -0.25) is 4.98 Å². The van der Waals surface area contributed by atoms with Crippen LogP contribution < -0.4 is 10.1 Å². The Morgan fingerprint density at radius 2 is 1.42 bits per heavy atom. The summed E-state index contributed by atoms with van der Waals surface area (Å²) in [5, 5.41) is 18.1. The predicted octanol–water partition coefficient (Wildman–Crippen LogP) is 1.66. The van der Waals surface area contributed by atoms with Crippen molar-refractivity contribution in [1.29, 1.82) is 0 Å². The highest BCUT2D eigenvalue weighted by Crippen LogP contribution is 2.22. The van der Waals surface area contributed by atoms with Crippen LogP contribution in [0, 0.1) is 0 Å². The maximum atomic E-state index is 10.1. The zero-order chi connectivity index (χ0) is 18.2. The molecule has 1 aromatic carbocycles. The van der Waals surface area contributed by atoms with Crippen molar-refractivity contribution in [2.75, 3.05) is 0 Å². The van der Waals surface area contributed by atoms with Gasteiger partial charge < -0.3 is 14.3 Å². The second kappa shape index (κ2) is 8.29. The van der Waals surface area contributed by atoms with Gasteiger partial charge in [0.2, 0.25) is 11.8 Å². The maximum Gasteiger partial charge on any atom is 0.248 e. The number of carbonyl (C=O) groups excluding carboxylic acids is 1. The number of pyridine rings is 2. The fraction of sp³-hybridized carbons (Fsp3) is 0. The van der Waals surface area contributed by atoms with Crippen molar-refractivity contribution < 1.29 is 19.3 Å². The molecular formula is C19H14N4O3. The number of nitrogens with zero attached hydrogens (tertiary/aromatic N) is 3. The van der Waals surface area contributed by atoms with Gasteiger partial charge in [0.1, 0.15) is 0 Å². The molecule has 0 amide bonds. The molecule has 0 fully saturated rings. The summed E-state index contributed by atoms with van der Waals surface area (Å²) in [6, 6.07) is 15.5. The van der Waals surface area contributed by atoms with Gasteiger partial charge in [0.15, 0.2) is 12.4 Å². The van der Waals surface area contributed by atoms with E-state index in [1.165, 1.54) is 12.1 Å². The molecule has 0 saturated carbocycles. The van der Waals surface area contributed by atoms with Crippen molar-refractivity contribution in [3.63, 3.8) is 0 Å². The van der Waals surface area contributed by atoms with E-state index in [9.17, 15) is 9.90 Å². The SMILES string of the molecule is O=C([O-])c1ccccc1.c1cc(-c2nnc(-c3cc[nH+]cc3)o2)ccn1. The Hall–Kier alpha value is -3.87. The molecule has 26 heavy (non-hydrogen) atoms. The number of aromatic carboxylic acids is 1. The van der Waals surface area contributed by atoms with E-state index in [0.717, 1.165) is 11.1 Å². The molecule has 7 nitrogen and oxygen atoms in total. The van der Waals surface area contributed by atoms with Crippen LogP contribution >= 0.6 is 0 Å². The van der Waals surface area contributed by atoms with Gasteiger partial charge in [-0.1, -0.05) is 30.3 Å². The lowest BCUT2D eigenvalue weighted by Gasteiger charge is -1.97. The molecular weight excluding hydrogens is 332 g/mol. The first kappa shape index (κ1) is 17.0. The third-order valence-corrected chi connectivity index (χ3v) is 3.33. The number of carboxylic acids is 1. The van der Waals surface area contributed by atoms with E-state index in [4.69, 9.17) is 4.42 Å². The van der Waals surface area contributed by atoms with Gasteiger partial charge in [0.05, 0.1) is 11.5 Å². The highest BCUT2D eigenvalue weighted by Gasteiger charge is 2.10. The minimum absolute atomic E-state index is 0.220. The van der Waals surface area contributed by atoms with E-state index in [-0.39, 0.29) is 5.56 Å². The lowest BCUT2D eigenvalue weighted by atomic mass is 10.2. The molecule has 0 bridgehead atoms. The lowest BCUT2D eigenvalue weighted by molar-refractivity contribution is -0.377. The van der Waals surface area contributed by atoms with Crippen LogP contribution in [0.2, 0.25) is 0 Å². The van der Waals surface area contributed by atoms with Crippen LogP contribution in [0.3, 0.4) is 0 Å². The Bertz CT molecular complexity index is 904. The molecule has 0 aliphatic heterocycles. The average molecular weight is 346 g/mol. The molecule has 7 heteroatoms. The first-order valence-electron chi connectivity index (χ1n) is 7.71. The third-order valence-electron chi connectivity index (χ3n) is 3.33. The fourth-order valence-electron chi connectivity index (χ4n) is 2.05. The zero-order valence-corrected chi connectivity index (χ0v) is 13.6. The van der Waals surface area contributed by atoms with Crippen molar-refractivity contribution >= 4 is 5.97 Å². The fourth-order valence-corrected chi connectivity index (χ4v) is 2.05. The number of carboxylic acid groups (broad SMARTS) is 1. The molecule has 3 aromatic heterocycles. The molecule has 0 radical (unpaired) electrons. The number of hydrogen-bond acceptors (Lipinski definition) is 6. The number of H-pyrrole nitrogens is 1. The number of benzene rings is 1. The van der Waals surface area contributed by atoms with Crippen LogP contribution in [0.15, 0.2) is 83.8 Å². The second-order valence-corrected chi connectivity index (χ2v) is 5.09. The van der Waals surface area contributed by atoms with Crippen molar-refractivity contribution in [3.05, 3.63) is 84.9 Å². The van der Waals surface area contributed by atoms with Crippen LogP contribution in [-0.4, -0.2) is 21.2 Å². The van der Waals surface area contributed by atoms with Crippen molar-refractivity contribution in [1.82, 2.24) is 15.2 Å². The maximum absolute atomic E-state index is 10.1. The molecule has 3 heterocycles. The van der Waals surface area contributed by atoms with Crippen molar-refractivity contribution in [2.45, 2.75) is 0 Å². The Kier molecular flexibility index (Phi) is 5.41. The van der Waals surface area contributed by atoms with Gasteiger partial charge >= 0.3 is 0 Å². The third kappa shape index (κ3) is 4.35. The summed E-state index contributed by atoms with van der Waals surface area (Å²) in [7, 11) is 0. The van der Waals surface area contributed by atoms with Gasteiger partial charge in [-0.2, -0.15) is 0 Å². The highest BCUT2D eigenvalue weighted by atomic mass is 16.4. The Balaban J connectivity index is 0.000000185. The quantitative estimate of drug-likeness (QED) is 0.558. The summed E-state index contributed by atoms with van der Waals surface area (Å²) in [4.78, 5) is 17.0. The van der Waals surface area contributed by atoms with Crippen molar-refractivity contribution in [2.24, 2.45) is 0 Å². The van der Waals surface area contributed by atoms with Crippen LogP contribution in [0.4, 0.5) is 0 Å². The molecule has 4 aromatic rings. The minimum atomic E-state index is -1.13. The van der Waals surface area contributed by atoms with E-state index < -0.39 is 5.97 Å². The first-order chi connectivity index (χ1) is 12.7. The molecule has 0 spiro atoms. The molecule has 4 rings (SSSR count). The largest absolute Gasteiger partial charge is 0.545 e. The standard InChI is InChI=1S/C12H8N4O.C7H6O2/c1-5-13-6-2-9(1)11-15-16-12(17-11)10-3-7-14-8-4-10;8-7(9)6-4-2-1-3-5-6/h1-8H;1-5H,(H,8,9). The number of aromatic nitrogens is 4. The smallest absolute Gasteiger partial charge is 0.248 e. The summed E-state index contributed by atoms with van der Waals surface area (Å²) < 4.78 is 5.59. The molecule has 1 N–H and O–H groups in total. The number of nitrogens with one attached hydrogen (secondary N) is 1. The number of carbonyl (C=O) groups is 1. The van der Waals surface area contributed by atoms with Crippen LogP contribution in [0.5, 0.6) is 0 Å². The van der Waals surface area contributed by atoms with Crippen molar-refractivity contribution in [3.8, 4) is 22.9 Å². The summed E-state index contributed by atoms with van der Waals surface area (Å²) >= 11 is 0. The number of rotatable bonds is 3. The van der Waals surface area contributed by atoms with E-state index in [1.807, 2.05) is 36.7 Å². The van der Waals surface area contributed by atoms with Crippen LogP contribution in [0.25, 0.3) is 22.9 Å². The molecule has 0 aliphatic rings. The normalized spacial score (nSPS) is 9.85. The predicted molar refractivity (Wildman–Crippen MR) is 90.3 cm³/mol. The highest BCUT2D eigenvalue weighted by molar-refractivity contribution is 5.85. The van der Waals surface area contributed by atoms with Crippen LogP contribution in [0.1, 0.15) is 10.4 Å². The van der Waals surface area contributed by atoms with Gasteiger partial charge in [-0.05, 0) is 17.7 Å². The van der Waals surface area contributed by atoms with Gasteiger partial charge in [-0.25, -0.2) is 4.98 Å². The number of hydrogen-bond donors (Lipinski definition) is 0. The van der Waals surface area contributed by atoms with E-state index in [2.05, 4.69) is 20.2 Å². The van der Waals surface area contributed by atoms with Crippen LogP contribution in [-0.2, 0) is 0 Å². The Labute approximate surface area is 149 Å². The monoisotopic (exact) mass is 346 g/mol. The Morgan fingerprint density at radius 1 is 0.846 bits per heavy atom. The molecule has 0 saturated heterocycles. The number of aromatic amines is 1. The Morgan fingerprint density at radius 3 is 1.96 bits per heavy atom. The first-order valence-corrected chi connectivity index (χ1v) is 7.71.